The van der Waals surface area contributed by atoms with Crippen LogP contribution in [0.3, 0.4) is 0 Å². The zero-order chi connectivity index (χ0) is 17.9. The highest BCUT2D eigenvalue weighted by Gasteiger charge is 2.37. The number of nitriles is 1. The Morgan fingerprint density at radius 1 is 1.50 bits per heavy atom. The van der Waals surface area contributed by atoms with Gasteiger partial charge in [-0.2, -0.15) is 5.26 Å². The second kappa shape index (κ2) is 7.04. The van der Waals surface area contributed by atoms with E-state index in [0.717, 1.165) is 0 Å². The Kier molecular flexibility index (Phi) is 5.09. The molecule has 1 heterocycles. The normalized spacial score (nSPS) is 17.2. The summed E-state index contributed by atoms with van der Waals surface area (Å²) in [4.78, 5) is 12.3. The first-order chi connectivity index (χ1) is 11.4. The molecule has 1 aromatic rings. The molecular weight excluding hydrogens is 315 g/mol. The number of carbonyl (C=O) groups excluding carboxylic acids is 1. The molecule has 0 amide bonds. The van der Waals surface area contributed by atoms with E-state index in [-0.39, 0.29) is 35.0 Å². The number of halogens is 1. The van der Waals surface area contributed by atoms with Crippen LogP contribution >= 0.6 is 0 Å². The highest BCUT2D eigenvalue weighted by atomic mass is 19.1. The lowest BCUT2D eigenvalue weighted by atomic mass is 9.82. The third kappa shape index (κ3) is 3.04. The van der Waals surface area contributed by atoms with Gasteiger partial charge in [-0.05, 0) is 32.0 Å². The van der Waals surface area contributed by atoms with E-state index in [0.29, 0.717) is 5.75 Å². The zero-order valence-corrected chi connectivity index (χ0v) is 13.6. The van der Waals surface area contributed by atoms with Crippen molar-refractivity contribution in [2.75, 3.05) is 13.7 Å². The first kappa shape index (κ1) is 17.3. The van der Waals surface area contributed by atoms with Gasteiger partial charge in [0.15, 0.2) is 0 Å². The van der Waals surface area contributed by atoms with E-state index in [9.17, 15) is 14.4 Å². The molecule has 24 heavy (non-hydrogen) atoms. The van der Waals surface area contributed by atoms with E-state index >= 15 is 0 Å². The van der Waals surface area contributed by atoms with E-state index in [4.69, 9.17) is 19.9 Å². The van der Waals surface area contributed by atoms with E-state index < -0.39 is 17.7 Å². The molecule has 1 aromatic carbocycles. The molecule has 1 aliphatic rings. The third-order valence-electron chi connectivity index (χ3n) is 3.62. The first-order valence-corrected chi connectivity index (χ1v) is 7.23. The topological polar surface area (TPSA) is 94.6 Å². The van der Waals surface area contributed by atoms with Gasteiger partial charge in [0, 0.05) is 5.56 Å². The van der Waals surface area contributed by atoms with Crippen LogP contribution in [-0.2, 0) is 14.3 Å². The summed E-state index contributed by atoms with van der Waals surface area (Å²) in [5.74, 6) is -1.94. The molecule has 2 rings (SSSR count). The average Bonchev–Trinajstić information content (AvgIpc) is 2.55. The van der Waals surface area contributed by atoms with Gasteiger partial charge in [0.1, 0.15) is 29.0 Å². The predicted molar refractivity (Wildman–Crippen MR) is 82.9 cm³/mol. The molecule has 0 aliphatic carbocycles. The van der Waals surface area contributed by atoms with Crippen LogP contribution in [0, 0.1) is 17.1 Å². The summed E-state index contributed by atoms with van der Waals surface area (Å²) < 4.78 is 29.8. The van der Waals surface area contributed by atoms with Gasteiger partial charge in [-0.3, -0.25) is 0 Å². The van der Waals surface area contributed by atoms with Gasteiger partial charge >= 0.3 is 5.97 Å². The fourth-order valence-corrected chi connectivity index (χ4v) is 2.54. The Morgan fingerprint density at radius 3 is 2.79 bits per heavy atom. The molecule has 0 saturated carbocycles. The van der Waals surface area contributed by atoms with Crippen LogP contribution in [0.1, 0.15) is 25.3 Å². The minimum atomic E-state index is -1.03. The lowest BCUT2D eigenvalue weighted by Crippen LogP contribution is -2.26. The molecule has 0 fully saturated rings. The van der Waals surface area contributed by atoms with Crippen molar-refractivity contribution in [1.29, 1.82) is 5.26 Å². The van der Waals surface area contributed by atoms with Gasteiger partial charge in [-0.25, -0.2) is 9.18 Å². The van der Waals surface area contributed by atoms with E-state index in [1.807, 2.05) is 6.07 Å². The van der Waals surface area contributed by atoms with Crippen LogP contribution in [0.5, 0.6) is 5.75 Å². The van der Waals surface area contributed by atoms with E-state index in [1.165, 1.54) is 32.2 Å². The SMILES string of the molecule is CCOC(=O)C1=C(C)OC(N)=C(C#N)C1c1cc(OC)ccc1F. The third-order valence-corrected chi connectivity index (χ3v) is 3.62. The van der Waals surface area contributed by atoms with Crippen LogP contribution in [0.4, 0.5) is 4.39 Å². The van der Waals surface area contributed by atoms with Crippen molar-refractivity contribution in [2.24, 2.45) is 5.73 Å². The number of nitrogens with two attached hydrogens (primary N) is 1. The first-order valence-electron chi connectivity index (χ1n) is 7.23. The summed E-state index contributed by atoms with van der Waals surface area (Å²) in [5, 5.41) is 9.43. The van der Waals surface area contributed by atoms with Gasteiger partial charge in [0.2, 0.25) is 5.88 Å². The van der Waals surface area contributed by atoms with Crippen LogP contribution in [-0.4, -0.2) is 19.7 Å². The van der Waals surface area contributed by atoms with Crippen molar-refractivity contribution >= 4 is 5.97 Å². The van der Waals surface area contributed by atoms with E-state index in [1.54, 1.807) is 6.92 Å². The smallest absolute Gasteiger partial charge is 0.338 e. The lowest BCUT2D eigenvalue weighted by Gasteiger charge is -2.27. The second-order valence-electron chi connectivity index (χ2n) is 5.00. The second-order valence-corrected chi connectivity index (χ2v) is 5.00. The summed E-state index contributed by atoms with van der Waals surface area (Å²) >= 11 is 0. The number of esters is 1. The molecule has 2 N–H and O–H groups in total. The molecule has 126 valence electrons. The Hall–Kier alpha value is -3.01. The van der Waals surface area contributed by atoms with Gasteiger partial charge in [0.25, 0.3) is 0 Å². The van der Waals surface area contributed by atoms with Gasteiger partial charge in [0.05, 0.1) is 25.2 Å². The number of ether oxygens (including phenoxy) is 3. The van der Waals surface area contributed by atoms with Gasteiger partial charge in [-0.15, -0.1) is 0 Å². The minimum Gasteiger partial charge on any atom is -0.497 e. The van der Waals surface area contributed by atoms with Crippen molar-refractivity contribution in [1.82, 2.24) is 0 Å². The maximum atomic E-state index is 14.4. The number of hydrogen-bond donors (Lipinski definition) is 1. The van der Waals surface area contributed by atoms with Crippen molar-refractivity contribution in [3.63, 3.8) is 0 Å². The number of nitrogens with zero attached hydrogens (tertiary/aromatic N) is 1. The Morgan fingerprint density at radius 2 is 2.21 bits per heavy atom. The molecule has 0 radical (unpaired) electrons. The largest absolute Gasteiger partial charge is 0.497 e. The molecule has 0 bridgehead atoms. The van der Waals surface area contributed by atoms with Crippen molar-refractivity contribution in [3.05, 3.63) is 52.4 Å². The van der Waals surface area contributed by atoms with Crippen LogP contribution < -0.4 is 10.5 Å². The lowest BCUT2D eigenvalue weighted by molar-refractivity contribution is -0.139. The van der Waals surface area contributed by atoms with Crippen LogP contribution in [0.25, 0.3) is 0 Å². The summed E-state index contributed by atoms with van der Waals surface area (Å²) in [6.07, 6.45) is 0. The highest BCUT2D eigenvalue weighted by Crippen LogP contribution is 2.41. The van der Waals surface area contributed by atoms with Crippen LogP contribution in [0.15, 0.2) is 41.0 Å². The number of allylic oxidation sites excluding steroid dienone is 2. The average molecular weight is 332 g/mol. The summed E-state index contributed by atoms with van der Waals surface area (Å²) in [6, 6.07) is 5.96. The number of methoxy groups -OCH3 is 1. The molecule has 6 nitrogen and oxygen atoms in total. The fourth-order valence-electron chi connectivity index (χ4n) is 2.54. The predicted octanol–water partition coefficient (Wildman–Crippen LogP) is 2.48. The molecule has 1 aliphatic heterocycles. The quantitative estimate of drug-likeness (QED) is 0.851. The van der Waals surface area contributed by atoms with E-state index in [2.05, 4.69) is 0 Å². The summed E-state index contributed by atoms with van der Waals surface area (Å²) in [6.45, 7) is 3.29. The molecule has 7 heteroatoms. The monoisotopic (exact) mass is 332 g/mol. The number of rotatable bonds is 4. The molecule has 0 saturated heterocycles. The molecular formula is C17H17FN2O4. The number of hydrogen-bond acceptors (Lipinski definition) is 6. The Balaban J connectivity index is 2.69. The standard InChI is InChI=1S/C17H17FN2O4/c1-4-23-17(21)14-9(2)24-16(20)12(8-19)15(14)11-7-10(22-3)5-6-13(11)18/h5-7,15H,4,20H2,1-3H3. The molecule has 0 aromatic heterocycles. The Labute approximate surface area is 138 Å². The van der Waals surface area contributed by atoms with Gasteiger partial charge in [-0.1, -0.05) is 0 Å². The molecule has 1 unspecified atom stereocenters. The van der Waals surface area contributed by atoms with Crippen molar-refractivity contribution < 1.29 is 23.4 Å². The maximum absolute atomic E-state index is 14.4. The summed E-state index contributed by atoms with van der Waals surface area (Å²) in [7, 11) is 1.43. The summed E-state index contributed by atoms with van der Waals surface area (Å²) in [5.41, 5.74) is 5.82. The number of benzene rings is 1. The van der Waals surface area contributed by atoms with Crippen molar-refractivity contribution in [3.8, 4) is 11.8 Å². The highest BCUT2D eigenvalue weighted by molar-refractivity contribution is 5.92. The fraction of sp³-hybridized carbons (Fsp3) is 0.294. The van der Waals surface area contributed by atoms with Crippen LogP contribution in [0.2, 0.25) is 0 Å². The Bertz CT molecular complexity index is 777. The van der Waals surface area contributed by atoms with Crippen molar-refractivity contribution in [2.45, 2.75) is 19.8 Å². The molecule has 1 atom stereocenters. The molecule has 0 spiro atoms. The maximum Gasteiger partial charge on any atom is 0.338 e. The minimum absolute atomic E-state index is 0.0368. The number of carbonyl (C=O) groups is 1. The zero-order valence-electron chi connectivity index (χ0n) is 13.6. The van der Waals surface area contributed by atoms with Gasteiger partial charge < -0.3 is 19.9 Å².